The van der Waals surface area contributed by atoms with E-state index in [4.69, 9.17) is 0 Å². The molecule has 0 aliphatic carbocycles. The van der Waals surface area contributed by atoms with Crippen molar-refractivity contribution in [1.29, 1.82) is 0 Å². The lowest BCUT2D eigenvalue weighted by molar-refractivity contribution is 0.0950. The van der Waals surface area contributed by atoms with Crippen LogP contribution in [0.25, 0.3) is 33.1 Å². The zero-order valence-electron chi connectivity index (χ0n) is 20.2. The third kappa shape index (κ3) is 4.77. The van der Waals surface area contributed by atoms with E-state index in [1.54, 1.807) is 18.6 Å². The van der Waals surface area contributed by atoms with Crippen molar-refractivity contribution in [3.8, 4) is 11.3 Å². The van der Waals surface area contributed by atoms with Gasteiger partial charge in [0.1, 0.15) is 5.69 Å². The molecule has 4 aromatic heterocycles. The molecule has 0 fully saturated rings. The number of aryl methyl sites for hydroxylation is 1. The van der Waals surface area contributed by atoms with Crippen LogP contribution in [0.2, 0.25) is 0 Å². The average molecular weight is 488 g/mol. The Kier molecular flexibility index (Phi) is 5.82. The molecular formula is C29H25N7O. The van der Waals surface area contributed by atoms with E-state index in [1.807, 2.05) is 48.7 Å². The second kappa shape index (κ2) is 9.58. The van der Waals surface area contributed by atoms with Gasteiger partial charge in [-0.15, -0.1) is 0 Å². The predicted molar refractivity (Wildman–Crippen MR) is 146 cm³/mol. The van der Waals surface area contributed by atoms with E-state index in [9.17, 15) is 4.79 Å². The van der Waals surface area contributed by atoms with Crippen molar-refractivity contribution in [2.75, 3.05) is 11.9 Å². The van der Waals surface area contributed by atoms with Crippen molar-refractivity contribution < 1.29 is 4.79 Å². The number of benzene rings is 2. The highest BCUT2D eigenvalue weighted by Gasteiger charge is 2.11. The Labute approximate surface area is 213 Å². The molecule has 6 aromatic rings. The van der Waals surface area contributed by atoms with E-state index in [-0.39, 0.29) is 5.91 Å². The van der Waals surface area contributed by atoms with Crippen molar-refractivity contribution in [2.45, 2.75) is 13.3 Å². The monoisotopic (exact) mass is 487 g/mol. The Morgan fingerprint density at radius 1 is 1.00 bits per heavy atom. The lowest BCUT2D eigenvalue weighted by Crippen LogP contribution is -2.25. The van der Waals surface area contributed by atoms with Crippen LogP contribution in [0.1, 0.15) is 21.6 Å². The molecule has 0 atom stereocenters. The lowest BCUT2D eigenvalue weighted by atomic mass is 10.1. The second-order valence-corrected chi connectivity index (χ2v) is 8.99. The number of pyridine rings is 1. The molecule has 0 spiro atoms. The zero-order chi connectivity index (χ0) is 25.2. The largest absolute Gasteiger partial charge is 0.361 e. The van der Waals surface area contributed by atoms with Gasteiger partial charge in [0.2, 0.25) is 5.95 Å². The van der Waals surface area contributed by atoms with Gasteiger partial charge in [-0.3, -0.25) is 9.78 Å². The Morgan fingerprint density at radius 2 is 1.92 bits per heavy atom. The Bertz CT molecular complexity index is 1720. The molecule has 1 amide bonds. The van der Waals surface area contributed by atoms with Crippen LogP contribution in [-0.2, 0) is 6.42 Å². The number of aromatic amines is 2. The summed E-state index contributed by atoms with van der Waals surface area (Å²) in [5.41, 5.74) is 7.47. The van der Waals surface area contributed by atoms with E-state index >= 15 is 0 Å². The number of hydrogen-bond donors (Lipinski definition) is 4. The maximum Gasteiger partial charge on any atom is 0.267 e. The molecule has 2 aromatic carbocycles. The number of carbonyl (C=O) groups excluding carboxylic acids is 1. The van der Waals surface area contributed by atoms with Gasteiger partial charge in [0, 0.05) is 64.4 Å². The van der Waals surface area contributed by atoms with Gasteiger partial charge in [-0.2, -0.15) is 0 Å². The summed E-state index contributed by atoms with van der Waals surface area (Å²) < 4.78 is 0. The number of amides is 1. The average Bonchev–Trinajstić information content (AvgIpc) is 3.53. The highest BCUT2D eigenvalue weighted by atomic mass is 16.1. The number of rotatable bonds is 7. The number of anilines is 2. The molecule has 8 heteroatoms. The Morgan fingerprint density at radius 3 is 2.81 bits per heavy atom. The fourth-order valence-electron chi connectivity index (χ4n) is 4.46. The standard InChI is InChI=1S/C29H25N7O/c1-18-4-6-26-23(13-18)19(17-33-26)8-11-31-28(37)27-15-21-14-22(5-7-24(21)35-27)34-29-32-12-9-25(36-29)20-3-2-10-30-16-20/h2-7,9-10,12-17,33,35H,8,11H2,1H3,(H,31,37)(H,32,34,36). The topological polar surface area (TPSA) is 111 Å². The van der Waals surface area contributed by atoms with E-state index in [1.165, 1.54) is 16.5 Å². The quantitative estimate of drug-likeness (QED) is 0.237. The number of hydrogen-bond acceptors (Lipinski definition) is 5. The summed E-state index contributed by atoms with van der Waals surface area (Å²) in [5.74, 6) is 0.357. The van der Waals surface area contributed by atoms with Gasteiger partial charge in [0.25, 0.3) is 5.91 Å². The molecule has 37 heavy (non-hydrogen) atoms. The number of nitrogens with zero attached hydrogens (tertiary/aromatic N) is 3. The van der Waals surface area contributed by atoms with Crippen LogP contribution in [-0.4, -0.2) is 37.4 Å². The minimum absolute atomic E-state index is 0.130. The first-order valence-corrected chi connectivity index (χ1v) is 12.1. The zero-order valence-corrected chi connectivity index (χ0v) is 20.2. The summed E-state index contributed by atoms with van der Waals surface area (Å²) in [4.78, 5) is 32.4. The number of carbonyl (C=O) groups is 1. The van der Waals surface area contributed by atoms with Crippen molar-refractivity contribution >= 4 is 39.3 Å². The van der Waals surface area contributed by atoms with Crippen LogP contribution in [0.5, 0.6) is 0 Å². The first kappa shape index (κ1) is 22.5. The molecule has 0 unspecified atom stereocenters. The molecule has 4 N–H and O–H groups in total. The number of H-pyrrole nitrogens is 2. The molecule has 8 nitrogen and oxygen atoms in total. The molecule has 0 aliphatic heterocycles. The Balaban J connectivity index is 1.13. The minimum atomic E-state index is -0.130. The first-order chi connectivity index (χ1) is 18.1. The van der Waals surface area contributed by atoms with Crippen LogP contribution in [0.4, 0.5) is 11.6 Å². The van der Waals surface area contributed by atoms with Crippen LogP contribution >= 0.6 is 0 Å². The third-order valence-corrected chi connectivity index (χ3v) is 6.34. The smallest absolute Gasteiger partial charge is 0.267 e. The normalized spacial score (nSPS) is 11.2. The second-order valence-electron chi connectivity index (χ2n) is 8.99. The molecule has 4 heterocycles. The molecule has 182 valence electrons. The number of aromatic nitrogens is 5. The van der Waals surface area contributed by atoms with Gasteiger partial charge < -0.3 is 20.6 Å². The van der Waals surface area contributed by atoms with E-state index in [0.29, 0.717) is 18.2 Å². The number of fused-ring (bicyclic) bond motifs is 2. The van der Waals surface area contributed by atoms with E-state index in [0.717, 1.165) is 39.8 Å². The van der Waals surface area contributed by atoms with Crippen molar-refractivity contribution in [3.63, 3.8) is 0 Å². The maximum atomic E-state index is 12.8. The van der Waals surface area contributed by atoms with E-state index < -0.39 is 0 Å². The van der Waals surface area contributed by atoms with Gasteiger partial charge in [-0.05, 0) is 73.5 Å². The molecule has 0 saturated carbocycles. The van der Waals surface area contributed by atoms with Crippen molar-refractivity contribution in [2.24, 2.45) is 0 Å². The van der Waals surface area contributed by atoms with Crippen molar-refractivity contribution in [1.82, 2.24) is 30.2 Å². The summed E-state index contributed by atoms with van der Waals surface area (Å²) in [6.07, 6.45) is 7.98. The Hall–Kier alpha value is -4.98. The van der Waals surface area contributed by atoms with Crippen LogP contribution in [0.3, 0.4) is 0 Å². The SMILES string of the molecule is Cc1ccc2[nH]cc(CCNC(=O)c3cc4cc(Nc5nccc(-c6cccnc6)n5)ccc4[nH]3)c2c1. The molecule has 0 radical (unpaired) electrons. The van der Waals surface area contributed by atoms with Crippen LogP contribution in [0.15, 0.2) is 85.5 Å². The summed E-state index contributed by atoms with van der Waals surface area (Å²) in [6, 6.07) is 19.7. The summed E-state index contributed by atoms with van der Waals surface area (Å²) in [7, 11) is 0. The maximum absolute atomic E-state index is 12.8. The molecule has 0 bridgehead atoms. The highest BCUT2D eigenvalue weighted by molar-refractivity contribution is 5.98. The summed E-state index contributed by atoms with van der Waals surface area (Å²) in [5, 5.41) is 8.41. The molecule has 0 aliphatic rings. The van der Waals surface area contributed by atoms with Gasteiger partial charge >= 0.3 is 0 Å². The van der Waals surface area contributed by atoms with Crippen LogP contribution < -0.4 is 10.6 Å². The first-order valence-electron chi connectivity index (χ1n) is 12.1. The summed E-state index contributed by atoms with van der Waals surface area (Å²) >= 11 is 0. The lowest BCUT2D eigenvalue weighted by Gasteiger charge is -2.06. The highest BCUT2D eigenvalue weighted by Crippen LogP contribution is 2.24. The fraction of sp³-hybridized carbons (Fsp3) is 0.103. The van der Waals surface area contributed by atoms with Gasteiger partial charge in [0.05, 0.1) is 5.69 Å². The summed E-state index contributed by atoms with van der Waals surface area (Å²) in [6.45, 7) is 2.63. The predicted octanol–water partition coefficient (Wildman–Crippen LogP) is 5.53. The van der Waals surface area contributed by atoms with Gasteiger partial charge in [0.15, 0.2) is 0 Å². The van der Waals surface area contributed by atoms with E-state index in [2.05, 4.69) is 60.7 Å². The fourth-order valence-corrected chi connectivity index (χ4v) is 4.46. The minimum Gasteiger partial charge on any atom is -0.361 e. The van der Waals surface area contributed by atoms with Gasteiger partial charge in [-0.25, -0.2) is 9.97 Å². The molecule has 0 saturated heterocycles. The van der Waals surface area contributed by atoms with Crippen LogP contribution in [0, 0.1) is 6.92 Å². The third-order valence-electron chi connectivity index (χ3n) is 6.34. The van der Waals surface area contributed by atoms with Crippen molar-refractivity contribution in [3.05, 3.63) is 102 Å². The number of nitrogens with one attached hydrogen (secondary N) is 4. The molecule has 6 rings (SSSR count). The van der Waals surface area contributed by atoms with Gasteiger partial charge in [-0.1, -0.05) is 11.6 Å². The molecular weight excluding hydrogens is 462 g/mol.